The fourth-order valence-electron chi connectivity index (χ4n) is 1.64. The highest BCUT2D eigenvalue weighted by Gasteiger charge is 2.25. The molecule has 1 aliphatic heterocycles. The molecule has 1 saturated heterocycles. The van der Waals surface area contributed by atoms with Gasteiger partial charge in [-0.2, -0.15) is 0 Å². The molecule has 0 spiro atoms. The van der Waals surface area contributed by atoms with E-state index in [9.17, 15) is 5.11 Å². The zero-order valence-electron chi connectivity index (χ0n) is 7.51. The van der Waals surface area contributed by atoms with Gasteiger partial charge in [-0.15, -0.1) is 0 Å². The van der Waals surface area contributed by atoms with Gasteiger partial charge in [-0.3, -0.25) is 0 Å². The molecule has 1 unspecified atom stereocenters. The summed E-state index contributed by atoms with van der Waals surface area (Å²) in [6.45, 7) is 6.26. The van der Waals surface area contributed by atoms with Gasteiger partial charge in [-0.1, -0.05) is 20.3 Å². The Labute approximate surface area is 69.0 Å². The number of aliphatic hydroxyl groups is 1. The van der Waals surface area contributed by atoms with E-state index >= 15 is 0 Å². The molecule has 3 atom stereocenters. The summed E-state index contributed by atoms with van der Waals surface area (Å²) >= 11 is 0. The van der Waals surface area contributed by atoms with Gasteiger partial charge in [-0.05, 0) is 18.3 Å². The first-order chi connectivity index (χ1) is 5.24. The van der Waals surface area contributed by atoms with Crippen molar-refractivity contribution >= 4 is 0 Å². The molecule has 66 valence electrons. The third kappa shape index (κ3) is 2.46. The van der Waals surface area contributed by atoms with Gasteiger partial charge in [0, 0.05) is 13.1 Å². The van der Waals surface area contributed by atoms with E-state index in [1.54, 1.807) is 0 Å². The van der Waals surface area contributed by atoms with Crippen molar-refractivity contribution < 1.29 is 5.11 Å². The number of hydrogen-bond donors (Lipinski definition) is 2. The maximum Gasteiger partial charge on any atom is 0.0704 e. The van der Waals surface area contributed by atoms with E-state index in [4.69, 9.17) is 0 Å². The second kappa shape index (κ2) is 4.07. The van der Waals surface area contributed by atoms with Crippen LogP contribution in [0.4, 0.5) is 0 Å². The Morgan fingerprint density at radius 3 is 2.73 bits per heavy atom. The first-order valence-corrected chi connectivity index (χ1v) is 4.62. The van der Waals surface area contributed by atoms with Crippen LogP contribution in [-0.2, 0) is 0 Å². The van der Waals surface area contributed by atoms with E-state index in [1.807, 2.05) is 0 Å². The van der Waals surface area contributed by atoms with Crippen LogP contribution in [0.15, 0.2) is 0 Å². The zero-order chi connectivity index (χ0) is 8.27. The van der Waals surface area contributed by atoms with E-state index in [1.165, 1.54) is 12.8 Å². The lowest BCUT2D eigenvalue weighted by Crippen LogP contribution is -2.19. The Kier molecular flexibility index (Phi) is 3.34. The van der Waals surface area contributed by atoms with Crippen LogP contribution in [0, 0.1) is 11.8 Å². The maximum absolute atomic E-state index is 9.47. The second-order valence-corrected chi connectivity index (χ2v) is 3.73. The van der Waals surface area contributed by atoms with Crippen LogP contribution in [0.3, 0.4) is 0 Å². The standard InChI is InChI=1S/C9H19NO/c1-3-7(2)4-8-5-10-6-9(8)11/h7-11H,3-6H2,1-2H3/t7?,8-,9-/m1/s1. The topological polar surface area (TPSA) is 32.3 Å². The molecule has 11 heavy (non-hydrogen) atoms. The van der Waals surface area contributed by atoms with E-state index in [-0.39, 0.29) is 6.10 Å². The van der Waals surface area contributed by atoms with Gasteiger partial charge in [0.15, 0.2) is 0 Å². The average molecular weight is 157 g/mol. The Morgan fingerprint density at radius 2 is 2.27 bits per heavy atom. The summed E-state index contributed by atoms with van der Waals surface area (Å²) in [4.78, 5) is 0. The van der Waals surface area contributed by atoms with Gasteiger partial charge in [0.1, 0.15) is 0 Å². The summed E-state index contributed by atoms with van der Waals surface area (Å²) in [5, 5.41) is 12.7. The molecule has 1 heterocycles. The first kappa shape index (κ1) is 9.01. The number of hydrogen-bond acceptors (Lipinski definition) is 2. The predicted octanol–water partition coefficient (Wildman–Crippen LogP) is 1.00. The average Bonchev–Trinajstić information content (AvgIpc) is 2.37. The Morgan fingerprint density at radius 1 is 1.55 bits per heavy atom. The van der Waals surface area contributed by atoms with Gasteiger partial charge in [0.2, 0.25) is 0 Å². The molecule has 1 aliphatic rings. The van der Waals surface area contributed by atoms with Crippen LogP contribution in [-0.4, -0.2) is 24.3 Å². The fraction of sp³-hybridized carbons (Fsp3) is 1.00. The second-order valence-electron chi connectivity index (χ2n) is 3.73. The Bertz CT molecular complexity index is 116. The number of aliphatic hydroxyl groups excluding tert-OH is 1. The van der Waals surface area contributed by atoms with Crippen molar-refractivity contribution in [2.75, 3.05) is 13.1 Å². The molecule has 0 aromatic rings. The summed E-state index contributed by atoms with van der Waals surface area (Å²) < 4.78 is 0. The first-order valence-electron chi connectivity index (χ1n) is 4.62. The van der Waals surface area contributed by atoms with E-state index in [0.717, 1.165) is 19.0 Å². The largest absolute Gasteiger partial charge is 0.391 e. The minimum atomic E-state index is -0.0935. The van der Waals surface area contributed by atoms with E-state index in [2.05, 4.69) is 19.2 Å². The molecule has 0 saturated carbocycles. The molecular weight excluding hydrogens is 138 g/mol. The molecule has 0 amide bonds. The quantitative estimate of drug-likeness (QED) is 0.640. The summed E-state index contributed by atoms with van der Waals surface area (Å²) in [7, 11) is 0. The molecule has 0 bridgehead atoms. The zero-order valence-corrected chi connectivity index (χ0v) is 7.51. The minimum Gasteiger partial charge on any atom is -0.391 e. The fourth-order valence-corrected chi connectivity index (χ4v) is 1.64. The summed E-state index contributed by atoms with van der Waals surface area (Å²) in [5.41, 5.74) is 0. The highest BCUT2D eigenvalue weighted by Crippen LogP contribution is 2.20. The lowest BCUT2D eigenvalue weighted by molar-refractivity contribution is 0.133. The van der Waals surface area contributed by atoms with Crippen LogP contribution >= 0.6 is 0 Å². The van der Waals surface area contributed by atoms with Crippen molar-refractivity contribution in [2.45, 2.75) is 32.8 Å². The Hall–Kier alpha value is -0.0800. The third-order valence-electron chi connectivity index (χ3n) is 2.71. The SMILES string of the molecule is CCC(C)C[C@@H]1CNC[C@H]1O. The van der Waals surface area contributed by atoms with Crippen molar-refractivity contribution in [3.8, 4) is 0 Å². The van der Waals surface area contributed by atoms with Crippen LogP contribution < -0.4 is 5.32 Å². The minimum absolute atomic E-state index is 0.0935. The van der Waals surface area contributed by atoms with Crippen LogP contribution in [0.5, 0.6) is 0 Å². The smallest absolute Gasteiger partial charge is 0.0704 e. The van der Waals surface area contributed by atoms with Gasteiger partial charge in [0.25, 0.3) is 0 Å². The molecule has 2 heteroatoms. The normalized spacial score (nSPS) is 34.1. The molecule has 0 aromatic carbocycles. The van der Waals surface area contributed by atoms with Crippen molar-refractivity contribution in [3.63, 3.8) is 0 Å². The molecule has 0 aromatic heterocycles. The van der Waals surface area contributed by atoms with E-state index in [0.29, 0.717) is 5.92 Å². The van der Waals surface area contributed by atoms with Crippen LogP contribution in [0.2, 0.25) is 0 Å². The lowest BCUT2D eigenvalue weighted by atomic mass is 9.92. The summed E-state index contributed by atoms with van der Waals surface area (Å²) in [6.07, 6.45) is 2.30. The number of β-amino-alcohol motifs (C(OH)–C–C–N with tert-alkyl or cyclic N) is 1. The van der Waals surface area contributed by atoms with Crippen molar-refractivity contribution in [3.05, 3.63) is 0 Å². The van der Waals surface area contributed by atoms with Gasteiger partial charge >= 0.3 is 0 Å². The molecular formula is C9H19NO. The monoisotopic (exact) mass is 157 g/mol. The van der Waals surface area contributed by atoms with Gasteiger partial charge < -0.3 is 10.4 Å². The molecule has 0 radical (unpaired) electrons. The molecule has 2 N–H and O–H groups in total. The number of rotatable bonds is 3. The van der Waals surface area contributed by atoms with Gasteiger partial charge in [-0.25, -0.2) is 0 Å². The molecule has 2 nitrogen and oxygen atoms in total. The number of nitrogens with one attached hydrogen (secondary N) is 1. The summed E-state index contributed by atoms with van der Waals surface area (Å²) in [5.74, 6) is 1.26. The highest BCUT2D eigenvalue weighted by atomic mass is 16.3. The molecule has 1 fully saturated rings. The van der Waals surface area contributed by atoms with E-state index < -0.39 is 0 Å². The maximum atomic E-state index is 9.47. The highest BCUT2D eigenvalue weighted by molar-refractivity contribution is 4.81. The van der Waals surface area contributed by atoms with Crippen molar-refractivity contribution in [1.29, 1.82) is 0 Å². The summed E-state index contributed by atoms with van der Waals surface area (Å²) in [6, 6.07) is 0. The third-order valence-corrected chi connectivity index (χ3v) is 2.71. The molecule has 1 rings (SSSR count). The van der Waals surface area contributed by atoms with Crippen molar-refractivity contribution in [1.82, 2.24) is 5.32 Å². The van der Waals surface area contributed by atoms with Crippen LogP contribution in [0.1, 0.15) is 26.7 Å². The van der Waals surface area contributed by atoms with Crippen LogP contribution in [0.25, 0.3) is 0 Å². The van der Waals surface area contributed by atoms with Crippen molar-refractivity contribution in [2.24, 2.45) is 11.8 Å². The molecule has 0 aliphatic carbocycles. The lowest BCUT2D eigenvalue weighted by Gasteiger charge is -2.16. The van der Waals surface area contributed by atoms with Gasteiger partial charge in [0.05, 0.1) is 6.10 Å². The predicted molar refractivity (Wildman–Crippen MR) is 46.4 cm³/mol. The Balaban J connectivity index is 2.24.